The van der Waals surface area contributed by atoms with E-state index in [1.807, 2.05) is 25.1 Å². The lowest BCUT2D eigenvalue weighted by Crippen LogP contribution is -2.35. The second-order valence-corrected chi connectivity index (χ2v) is 10.9. The molecule has 3 rings (SSSR count). The van der Waals surface area contributed by atoms with Gasteiger partial charge in [0.15, 0.2) is 0 Å². The van der Waals surface area contributed by atoms with E-state index in [1.165, 1.54) is 11.3 Å². The van der Waals surface area contributed by atoms with E-state index in [0.29, 0.717) is 17.7 Å². The van der Waals surface area contributed by atoms with Gasteiger partial charge in [-0.2, -0.15) is 0 Å². The molecule has 1 aromatic heterocycles. The molecule has 0 bridgehead atoms. The van der Waals surface area contributed by atoms with Gasteiger partial charge in [-0.15, -0.1) is 11.3 Å². The molecule has 170 valence electrons. The summed E-state index contributed by atoms with van der Waals surface area (Å²) in [6.07, 6.45) is 0.687. The average molecular weight is 476 g/mol. The highest BCUT2D eigenvalue weighted by Gasteiger charge is 2.37. The number of thiophene rings is 1. The first-order valence-corrected chi connectivity index (χ1v) is 12.8. The Morgan fingerprint density at radius 3 is 2.50 bits per heavy atom. The van der Waals surface area contributed by atoms with Gasteiger partial charge in [-0.3, -0.25) is 9.36 Å². The lowest BCUT2D eigenvalue weighted by Gasteiger charge is -2.28. The first kappa shape index (κ1) is 24.0. The molecule has 0 aliphatic rings. The number of nitrogens with one attached hydrogen (secondary N) is 1. The van der Waals surface area contributed by atoms with Crippen LogP contribution in [0.15, 0.2) is 54.6 Å². The van der Waals surface area contributed by atoms with Crippen molar-refractivity contribution in [1.29, 1.82) is 0 Å². The number of carbonyl (C=O) groups excluding carboxylic acids is 1. The summed E-state index contributed by atoms with van der Waals surface area (Å²) in [7, 11) is -3.65. The summed E-state index contributed by atoms with van der Waals surface area (Å²) in [5, 5.41) is 12.9. The van der Waals surface area contributed by atoms with Gasteiger partial charge in [0.05, 0.1) is 12.3 Å². The normalized spacial score (nSPS) is 15.0. The molecule has 3 atom stereocenters. The van der Waals surface area contributed by atoms with Crippen molar-refractivity contribution in [2.24, 2.45) is 0 Å². The lowest BCUT2D eigenvalue weighted by molar-refractivity contribution is -0.145. The maximum atomic E-state index is 14.1. The van der Waals surface area contributed by atoms with Gasteiger partial charge in [-0.25, -0.2) is 9.88 Å². The standard InChI is InChI=1S/C23H26NO6PS/c1-4-12-29-23(27)15(2)24-31(28,30-19-8-6-5-7-9-19)16(3)17-10-11-20-18(13-17)14-21(32-20)22(25)26/h5-11,13-16H,4,12H2,1-3H3,(H,24,28)(H,25,26). The third-order valence-electron chi connectivity index (χ3n) is 4.90. The molecule has 9 heteroatoms. The molecule has 2 aromatic carbocycles. The molecule has 0 amide bonds. The Hall–Kier alpha value is -2.67. The number of carboxylic acids is 1. The molecule has 0 saturated carbocycles. The number of carbonyl (C=O) groups is 2. The van der Waals surface area contributed by atoms with Crippen LogP contribution in [0.5, 0.6) is 5.75 Å². The number of esters is 1. The molecule has 0 saturated heterocycles. The molecular formula is C23H26NO6PS. The van der Waals surface area contributed by atoms with Gasteiger partial charge in [0, 0.05) is 4.70 Å². The average Bonchev–Trinajstić information content (AvgIpc) is 3.21. The fourth-order valence-electron chi connectivity index (χ4n) is 3.13. The predicted octanol–water partition coefficient (Wildman–Crippen LogP) is 5.86. The third kappa shape index (κ3) is 5.57. The highest BCUT2D eigenvalue weighted by Crippen LogP contribution is 2.57. The topological polar surface area (TPSA) is 102 Å². The molecule has 0 spiro atoms. The summed E-state index contributed by atoms with van der Waals surface area (Å²) in [4.78, 5) is 23.9. The van der Waals surface area contributed by atoms with Crippen LogP contribution in [0.25, 0.3) is 10.1 Å². The smallest absolute Gasteiger partial charge is 0.345 e. The second kappa shape index (κ2) is 10.3. The fraction of sp³-hybridized carbons (Fsp3) is 0.304. The van der Waals surface area contributed by atoms with Gasteiger partial charge < -0.3 is 14.4 Å². The molecule has 2 N–H and O–H groups in total. The largest absolute Gasteiger partial charge is 0.477 e. The Kier molecular flexibility index (Phi) is 7.72. The highest BCUT2D eigenvalue weighted by molar-refractivity contribution is 7.57. The molecule has 0 aliphatic heterocycles. The van der Waals surface area contributed by atoms with Crippen LogP contribution in [0.4, 0.5) is 0 Å². The number of aromatic carboxylic acids is 1. The van der Waals surface area contributed by atoms with Crippen LogP contribution in [0.1, 0.15) is 48.1 Å². The van der Waals surface area contributed by atoms with Gasteiger partial charge >= 0.3 is 19.5 Å². The van der Waals surface area contributed by atoms with Crippen LogP contribution >= 0.6 is 18.9 Å². The van der Waals surface area contributed by atoms with E-state index in [0.717, 1.165) is 10.1 Å². The van der Waals surface area contributed by atoms with Crippen LogP contribution < -0.4 is 9.61 Å². The molecule has 0 radical (unpaired) electrons. The van der Waals surface area contributed by atoms with E-state index in [4.69, 9.17) is 9.26 Å². The molecular weight excluding hydrogens is 449 g/mol. The lowest BCUT2D eigenvalue weighted by atomic mass is 10.1. The number of hydrogen-bond donors (Lipinski definition) is 2. The summed E-state index contributed by atoms with van der Waals surface area (Å²) in [5.74, 6) is -1.08. The Morgan fingerprint density at radius 2 is 1.84 bits per heavy atom. The van der Waals surface area contributed by atoms with E-state index < -0.39 is 31.2 Å². The monoisotopic (exact) mass is 475 g/mol. The number of carboxylic acid groups (broad SMARTS) is 1. The number of fused-ring (bicyclic) bond motifs is 1. The minimum atomic E-state index is -3.65. The van der Waals surface area contributed by atoms with Crippen LogP contribution in [0, 0.1) is 0 Å². The van der Waals surface area contributed by atoms with Crippen molar-refractivity contribution >= 4 is 40.9 Å². The third-order valence-corrected chi connectivity index (χ3v) is 8.55. The number of rotatable bonds is 10. The summed E-state index contributed by atoms with van der Waals surface area (Å²) in [5.41, 5.74) is 0.0786. The fourth-order valence-corrected chi connectivity index (χ4v) is 6.08. The van der Waals surface area contributed by atoms with Crippen LogP contribution in [-0.4, -0.2) is 29.7 Å². The van der Waals surface area contributed by atoms with Crippen molar-refractivity contribution in [2.75, 3.05) is 6.61 Å². The van der Waals surface area contributed by atoms with E-state index in [1.54, 1.807) is 50.2 Å². The molecule has 32 heavy (non-hydrogen) atoms. The Bertz CT molecular complexity index is 1150. The van der Waals surface area contributed by atoms with E-state index in [2.05, 4.69) is 5.09 Å². The van der Waals surface area contributed by atoms with Crippen molar-refractivity contribution in [3.63, 3.8) is 0 Å². The second-order valence-electron chi connectivity index (χ2n) is 7.41. The van der Waals surface area contributed by atoms with Crippen LogP contribution in [0.3, 0.4) is 0 Å². The van der Waals surface area contributed by atoms with E-state index in [-0.39, 0.29) is 11.5 Å². The Balaban J connectivity index is 1.94. The van der Waals surface area contributed by atoms with Crippen molar-refractivity contribution in [1.82, 2.24) is 5.09 Å². The van der Waals surface area contributed by atoms with Crippen LogP contribution in [-0.2, 0) is 14.1 Å². The SMILES string of the molecule is CCCOC(=O)C(C)NP(=O)(Oc1ccccc1)C(C)c1ccc2sc(C(=O)O)cc2c1. The Morgan fingerprint density at radius 1 is 1.12 bits per heavy atom. The summed E-state index contributed by atoms with van der Waals surface area (Å²) >= 11 is 1.18. The first-order chi connectivity index (χ1) is 15.2. The van der Waals surface area contributed by atoms with Crippen molar-refractivity contribution in [3.8, 4) is 5.75 Å². The van der Waals surface area contributed by atoms with Gasteiger partial charge in [-0.1, -0.05) is 31.2 Å². The molecule has 3 aromatic rings. The number of para-hydroxylation sites is 1. The van der Waals surface area contributed by atoms with Gasteiger partial charge in [0.25, 0.3) is 0 Å². The zero-order chi connectivity index (χ0) is 23.3. The maximum absolute atomic E-state index is 14.1. The van der Waals surface area contributed by atoms with Crippen molar-refractivity contribution in [3.05, 3.63) is 65.0 Å². The van der Waals surface area contributed by atoms with Gasteiger partial charge in [0.1, 0.15) is 16.7 Å². The minimum absolute atomic E-state index is 0.235. The first-order valence-electron chi connectivity index (χ1n) is 10.3. The van der Waals surface area contributed by atoms with Crippen LogP contribution in [0.2, 0.25) is 0 Å². The predicted molar refractivity (Wildman–Crippen MR) is 126 cm³/mol. The maximum Gasteiger partial charge on any atom is 0.345 e. The molecule has 7 nitrogen and oxygen atoms in total. The molecule has 0 aliphatic carbocycles. The Labute approximate surface area is 190 Å². The van der Waals surface area contributed by atoms with Crippen molar-refractivity contribution in [2.45, 2.75) is 38.9 Å². The van der Waals surface area contributed by atoms with E-state index >= 15 is 0 Å². The number of benzene rings is 2. The number of hydrogen-bond acceptors (Lipinski definition) is 6. The van der Waals surface area contributed by atoms with E-state index in [9.17, 15) is 19.3 Å². The summed E-state index contributed by atoms with van der Waals surface area (Å²) in [6.45, 7) is 5.53. The van der Waals surface area contributed by atoms with Gasteiger partial charge in [0.2, 0.25) is 0 Å². The molecule has 1 heterocycles. The number of ether oxygens (including phenoxy) is 1. The molecule has 0 fully saturated rings. The zero-order valence-electron chi connectivity index (χ0n) is 18.1. The molecule has 3 unspecified atom stereocenters. The quantitative estimate of drug-likeness (QED) is 0.279. The zero-order valence-corrected chi connectivity index (χ0v) is 19.8. The van der Waals surface area contributed by atoms with Gasteiger partial charge in [-0.05, 0) is 61.5 Å². The summed E-state index contributed by atoms with van der Waals surface area (Å²) in [6, 6.07) is 14.9. The highest BCUT2D eigenvalue weighted by atomic mass is 32.1. The van der Waals surface area contributed by atoms with Crippen molar-refractivity contribution < 1.29 is 28.5 Å². The minimum Gasteiger partial charge on any atom is -0.477 e. The summed E-state index contributed by atoms with van der Waals surface area (Å²) < 4.78 is 26.0.